The van der Waals surface area contributed by atoms with Crippen LogP contribution in [0.25, 0.3) is 0 Å². The van der Waals surface area contributed by atoms with Crippen LogP contribution in [0.3, 0.4) is 0 Å². The quantitative estimate of drug-likeness (QED) is 0.891. The molecule has 4 nitrogen and oxygen atoms in total. The van der Waals surface area contributed by atoms with E-state index in [4.69, 9.17) is 9.47 Å². The standard InChI is InChI=1S/C16H22O4/c1-3-11-5-4-6-13(9-11)20-15-8-7-12(19-2)10-14(15)16(17)18/h7-8,10-11,13H,3-6,9H2,1-2H3,(H,17,18). The summed E-state index contributed by atoms with van der Waals surface area (Å²) < 4.78 is 11.0. The Morgan fingerprint density at radius 1 is 1.40 bits per heavy atom. The Balaban J connectivity index is 2.14. The van der Waals surface area contributed by atoms with E-state index in [0.717, 1.165) is 25.7 Å². The predicted molar refractivity (Wildman–Crippen MR) is 76.6 cm³/mol. The minimum atomic E-state index is -0.984. The van der Waals surface area contributed by atoms with Crippen molar-refractivity contribution in [3.8, 4) is 11.5 Å². The van der Waals surface area contributed by atoms with Crippen molar-refractivity contribution < 1.29 is 19.4 Å². The summed E-state index contributed by atoms with van der Waals surface area (Å²) in [5.41, 5.74) is 0.169. The largest absolute Gasteiger partial charge is 0.497 e. The number of aromatic carboxylic acids is 1. The molecule has 0 radical (unpaired) electrons. The van der Waals surface area contributed by atoms with Crippen molar-refractivity contribution in [3.05, 3.63) is 23.8 Å². The number of carboxylic acid groups (broad SMARTS) is 1. The van der Waals surface area contributed by atoms with Gasteiger partial charge >= 0.3 is 5.97 Å². The van der Waals surface area contributed by atoms with Gasteiger partial charge in [-0.15, -0.1) is 0 Å². The number of methoxy groups -OCH3 is 1. The molecule has 0 heterocycles. The van der Waals surface area contributed by atoms with Gasteiger partial charge in [-0.1, -0.05) is 19.8 Å². The molecule has 1 aliphatic carbocycles. The molecule has 1 aromatic carbocycles. The number of hydrogen-bond donors (Lipinski definition) is 1. The van der Waals surface area contributed by atoms with Gasteiger partial charge in [0, 0.05) is 0 Å². The Hall–Kier alpha value is -1.71. The Morgan fingerprint density at radius 2 is 2.20 bits per heavy atom. The van der Waals surface area contributed by atoms with E-state index in [0.29, 0.717) is 17.4 Å². The molecule has 4 heteroatoms. The van der Waals surface area contributed by atoms with Crippen LogP contribution in [-0.2, 0) is 0 Å². The first-order valence-corrected chi connectivity index (χ1v) is 7.22. The average Bonchev–Trinajstić information content (AvgIpc) is 2.47. The van der Waals surface area contributed by atoms with Crippen LogP contribution in [0.5, 0.6) is 11.5 Å². The molecule has 110 valence electrons. The van der Waals surface area contributed by atoms with Crippen LogP contribution in [0.1, 0.15) is 49.4 Å². The first kappa shape index (κ1) is 14.7. The van der Waals surface area contributed by atoms with Gasteiger partial charge in [-0.3, -0.25) is 0 Å². The van der Waals surface area contributed by atoms with Crippen LogP contribution in [0.4, 0.5) is 0 Å². The molecule has 0 aromatic heterocycles. The lowest BCUT2D eigenvalue weighted by molar-refractivity contribution is 0.0681. The van der Waals surface area contributed by atoms with Gasteiger partial charge in [0.05, 0.1) is 13.2 Å². The molecular weight excluding hydrogens is 256 g/mol. The topological polar surface area (TPSA) is 55.8 Å². The summed E-state index contributed by atoms with van der Waals surface area (Å²) in [4.78, 5) is 11.3. The second kappa shape index (κ2) is 6.64. The van der Waals surface area contributed by atoms with Crippen molar-refractivity contribution in [1.82, 2.24) is 0 Å². The predicted octanol–water partition coefficient (Wildman–Crippen LogP) is 3.74. The number of ether oxygens (including phenoxy) is 2. The molecule has 0 spiro atoms. The number of benzene rings is 1. The van der Waals surface area contributed by atoms with E-state index in [2.05, 4.69) is 6.92 Å². The van der Waals surface area contributed by atoms with Gasteiger partial charge < -0.3 is 14.6 Å². The van der Waals surface area contributed by atoms with E-state index < -0.39 is 5.97 Å². The van der Waals surface area contributed by atoms with E-state index in [1.165, 1.54) is 19.6 Å². The second-order valence-corrected chi connectivity index (χ2v) is 5.35. The maximum Gasteiger partial charge on any atom is 0.339 e. The molecule has 1 N–H and O–H groups in total. The third-order valence-electron chi connectivity index (χ3n) is 4.02. The molecule has 1 aliphatic rings. The van der Waals surface area contributed by atoms with E-state index in [1.54, 1.807) is 12.1 Å². The number of hydrogen-bond acceptors (Lipinski definition) is 3. The minimum absolute atomic E-state index is 0.125. The van der Waals surface area contributed by atoms with Gasteiger partial charge in [-0.05, 0) is 43.4 Å². The van der Waals surface area contributed by atoms with Crippen LogP contribution in [0, 0.1) is 5.92 Å². The lowest BCUT2D eigenvalue weighted by atomic mass is 9.85. The van der Waals surface area contributed by atoms with Crippen molar-refractivity contribution in [2.45, 2.75) is 45.1 Å². The Kier molecular flexibility index (Phi) is 4.88. The first-order valence-electron chi connectivity index (χ1n) is 7.22. The van der Waals surface area contributed by atoms with E-state index in [9.17, 15) is 9.90 Å². The fourth-order valence-corrected chi connectivity index (χ4v) is 2.81. The molecule has 2 atom stereocenters. The molecule has 2 rings (SSSR count). The van der Waals surface area contributed by atoms with E-state index in [-0.39, 0.29) is 11.7 Å². The smallest absolute Gasteiger partial charge is 0.339 e. The van der Waals surface area contributed by atoms with Gasteiger partial charge in [0.1, 0.15) is 17.1 Å². The first-order chi connectivity index (χ1) is 9.63. The van der Waals surface area contributed by atoms with Crippen molar-refractivity contribution in [2.24, 2.45) is 5.92 Å². The summed E-state index contributed by atoms with van der Waals surface area (Å²) in [7, 11) is 1.52. The van der Waals surface area contributed by atoms with Gasteiger partial charge in [-0.2, -0.15) is 0 Å². The fourth-order valence-electron chi connectivity index (χ4n) is 2.81. The lowest BCUT2D eigenvalue weighted by Gasteiger charge is -2.29. The summed E-state index contributed by atoms with van der Waals surface area (Å²) in [6.45, 7) is 2.20. The van der Waals surface area contributed by atoms with E-state index in [1.807, 2.05) is 0 Å². The van der Waals surface area contributed by atoms with Crippen LogP contribution in [-0.4, -0.2) is 24.3 Å². The average molecular weight is 278 g/mol. The van der Waals surface area contributed by atoms with Crippen molar-refractivity contribution in [1.29, 1.82) is 0 Å². The molecule has 0 amide bonds. The van der Waals surface area contributed by atoms with Gasteiger partial charge in [0.25, 0.3) is 0 Å². The van der Waals surface area contributed by atoms with Crippen LogP contribution in [0.2, 0.25) is 0 Å². The molecule has 0 aliphatic heterocycles. The monoisotopic (exact) mass is 278 g/mol. The van der Waals surface area contributed by atoms with Crippen LogP contribution >= 0.6 is 0 Å². The summed E-state index contributed by atoms with van der Waals surface area (Å²) in [5.74, 6) is 0.687. The zero-order valence-electron chi connectivity index (χ0n) is 12.1. The third-order valence-corrected chi connectivity index (χ3v) is 4.02. The lowest BCUT2D eigenvalue weighted by Crippen LogP contribution is -2.25. The number of carbonyl (C=O) groups is 1. The highest BCUT2D eigenvalue weighted by atomic mass is 16.5. The third kappa shape index (κ3) is 3.44. The van der Waals surface area contributed by atoms with Gasteiger partial charge in [0.15, 0.2) is 0 Å². The summed E-state index contributed by atoms with van der Waals surface area (Å²) >= 11 is 0. The van der Waals surface area contributed by atoms with Crippen molar-refractivity contribution in [3.63, 3.8) is 0 Å². The van der Waals surface area contributed by atoms with Crippen molar-refractivity contribution in [2.75, 3.05) is 7.11 Å². The fraction of sp³-hybridized carbons (Fsp3) is 0.562. The van der Waals surface area contributed by atoms with Gasteiger partial charge in [0.2, 0.25) is 0 Å². The Labute approximate surface area is 119 Å². The maximum atomic E-state index is 11.3. The highest BCUT2D eigenvalue weighted by molar-refractivity contribution is 5.91. The number of carboxylic acids is 1. The zero-order valence-corrected chi connectivity index (χ0v) is 12.1. The van der Waals surface area contributed by atoms with Crippen molar-refractivity contribution >= 4 is 5.97 Å². The zero-order chi connectivity index (χ0) is 14.5. The SMILES string of the molecule is CCC1CCCC(Oc2ccc(OC)cc2C(=O)O)C1. The normalized spacial score (nSPS) is 22.3. The molecule has 2 unspecified atom stereocenters. The highest BCUT2D eigenvalue weighted by Crippen LogP contribution is 2.32. The second-order valence-electron chi connectivity index (χ2n) is 5.35. The molecule has 1 saturated carbocycles. The summed E-state index contributed by atoms with van der Waals surface area (Å²) in [5, 5.41) is 9.28. The number of rotatable bonds is 5. The highest BCUT2D eigenvalue weighted by Gasteiger charge is 2.24. The maximum absolute atomic E-state index is 11.3. The summed E-state index contributed by atoms with van der Waals surface area (Å²) in [6, 6.07) is 4.94. The van der Waals surface area contributed by atoms with E-state index >= 15 is 0 Å². The Morgan fingerprint density at radius 3 is 2.85 bits per heavy atom. The molecule has 1 aromatic rings. The minimum Gasteiger partial charge on any atom is -0.497 e. The molecule has 0 saturated heterocycles. The Bertz CT molecular complexity index is 470. The molecule has 1 fully saturated rings. The summed E-state index contributed by atoms with van der Waals surface area (Å²) in [6.07, 6.45) is 5.71. The molecular formula is C16H22O4. The molecule has 0 bridgehead atoms. The van der Waals surface area contributed by atoms with Gasteiger partial charge in [-0.25, -0.2) is 4.79 Å². The molecule has 20 heavy (non-hydrogen) atoms. The van der Waals surface area contributed by atoms with Crippen LogP contribution in [0.15, 0.2) is 18.2 Å². The van der Waals surface area contributed by atoms with Crippen LogP contribution < -0.4 is 9.47 Å².